The normalized spacial score (nSPS) is 17.0. The van der Waals surface area contributed by atoms with E-state index in [0.717, 1.165) is 51.9 Å². The van der Waals surface area contributed by atoms with Crippen molar-refractivity contribution in [3.63, 3.8) is 0 Å². The summed E-state index contributed by atoms with van der Waals surface area (Å²) in [6.45, 7) is 7.02. The number of halogens is 2. The van der Waals surface area contributed by atoms with Crippen molar-refractivity contribution in [3.05, 3.63) is 42.0 Å². The molecule has 1 fully saturated rings. The van der Waals surface area contributed by atoms with Crippen LogP contribution in [0.3, 0.4) is 0 Å². The Hall–Kier alpha value is -1.46. The van der Waals surface area contributed by atoms with Gasteiger partial charge in [-0.1, -0.05) is 12.5 Å². The Bertz CT molecular complexity index is 493. The molecule has 3 nitrogen and oxygen atoms in total. The van der Waals surface area contributed by atoms with Crippen molar-refractivity contribution >= 4 is 0 Å². The molecule has 0 aliphatic carbocycles. The number of rotatable bonds is 8. The van der Waals surface area contributed by atoms with Crippen LogP contribution in [0, 0.1) is 11.6 Å². The molecule has 5 heteroatoms. The van der Waals surface area contributed by atoms with Crippen molar-refractivity contribution in [3.8, 4) is 5.75 Å². The first-order valence-corrected chi connectivity index (χ1v) is 8.26. The van der Waals surface area contributed by atoms with E-state index in [-0.39, 0.29) is 17.4 Å². The SMILES string of the molecule is C=CCCCC[C@@H](c1c(F)cc(OC)cc1F)N1CCNCC1. The Morgan fingerprint density at radius 3 is 2.48 bits per heavy atom. The zero-order valence-electron chi connectivity index (χ0n) is 13.8. The summed E-state index contributed by atoms with van der Waals surface area (Å²) in [6, 6.07) is 2.32. The molecule has 0 radical (unpaired) electrons. The first-order valence-electron chi connectivity index (χ1n) is 8.26. The fourth-order valence-electron chi connectivity index (χ4n) is 3.13. The zero-order valence-corrected chi connectivity index (χ0v) is 13.8. The van der Waals surface area contributed by atoms with Crippen LogP contribution in [-0.4, -0.2) is 38.2 Å². The summed E-state index contributed by atoms with van der Waals surface area (Å²) < 4.78 is 34.0. The zero-order chi connectivity index (χ0) is 16.7. The second kappa shape index (κ2) is 8.99. The number of nitrogens with one attached hydrogen (secondary N) is 1. The molecule has 0 spiro atoms. The van der Waals surface area contributed by atoms with E-state index in [1.54, 1.807) is 0 Å². The molecule has 0 bridgehead atoms. The topological polar surface area (TPSA) is 24.5 Å². The molecule has 0 aromatic heterocycles. The lowest BCUT2D eigenvalue weighted by atomic mass is 9.96. The first-order chi connectivity index (χ1) is 11.2. The standard InChI is InChI=1S/C18H26F2N2O/c1-3-4-5-6-7-17(22-10-8-21-9-11-22)18-15(19)12-14(23-2)13-16(18)20/h3,12-13,17,21H,1,4-11H2,2H3/t17-/m0/s1. The predicted molar refractivity (Wildman–Crippen MR) is 88.8 cm³/mol. The average Bonchev–Trinajstić information content (AvgIpc) is 2.57. The van der Waals surface area contributed by atoms with Crippen LogP contribution in [0.4, 0.5) is 8.78 Å². The molecule has 1 aromatic carbocycles. The molecule has 0 amide bonds. The molecule has 2 rings (SSSR count). The minimum absolute atomic E-state index is 0.173. The minimum Gasteiger partial charge on any atom is -0.497 e. The molecule has 1 aliphatic rings. The van der Waals surface area contributed by atoms with E-state index >= 15 is 0 Å². The smallest absolute Gasteiger partial charge is 0.134 e. The van der Waals surface area contributed by atoms with Gasteiger partial charge in [0, 0.05) is 49.9 Å². The maximum absolute atomic E-state index is 14.5. The molecule has 23 heavy (non-hydrogen) atoms. The Kier molecular flexibility index (Phi) is 6.99. The summed E-state index contributed by atoms with van der Waals surface area (Å²) in [7, 11) is 1.41. The van der Waals surface area contributed by atoms with E-state index in [1.165, 1.54) is 19.2 Å². The first kappa shape index (κ1) is 17.9. The third-order valence-electron chi connectivity index (χ3n) is 4.35. The molecule has 1 N–H and O–H groups in total. The molecule has 128 valence electrons. The largest absolute Gasteiger partial charge is 0.497 e. The Labute approximate surface area is 137 Å². The number of unbranched alkanes of at least 4 members (excludes halogenated alkanes) is 2. The van der Waals surface area contributed by atoms with Gasteiger partial charge >= 0.3 is 0 Å². The molecular formula is C18H26F2N2O. The van der Waals surface area contributed by atoms with Crippen molar-refractivity contribution in [2.75, 3.05) is 33.3 Å². The molecule has 1 heterocycles. The summed E-state index contributed by atoms with van der Waals surface area (Å²) in [4.78, 5) is 2.18. The van der Waals surface area contributed by atoms with Crippen LogP contribution < -0.4 is 10.1 Å². The van der Waals surface area contributed by atoms with Crippen molar-refractivity contribution in [1.82, 2.24) is 10.2 Å². The van der Waals surface area contributed by atoms with Gasteiger partial charge in [-0.3, -0.25) is 4.90 Å². The van der Waals surface area contributed by atoms with Gasteiger partial charge in [0.25, 0.3) is 0 Å². The Balaban J connectivity index is 2.22. The summed E-state index contributed by atoms with van der Waals surface area (Å²) in [5.41, 5.74) is 0.173. The van der Waals surface area contributed by atoms with Crippen molar-refractivity contribution < 1.29 is 13.5 Å². The van der Waals surface area contributed by atoms with Gasteiger partial charge in [-0.25, -0.2) is 8.78 Å². The fraction of sp³-hybridized carbons (Fsp3) is 0.556. The van der Waals surface area contributed by atoms with Gasteiger partial charge in [-0.2, -0.15) is 0 Å². The number of piperazine rings is 1. The fourth-order valence-corrected chi connectivity index (χ4v) is 3.13. The molecule has 0 saturated carbocycles. The predicted octanol–water partition coefficient (Wildman–Crippen LogP) is 3.67. The number of hydrogen-bond donors (Lipinski definition) is 1. The van der Waals surface area contributed by atoms with Crippen molar-refractivity contribution in [2.24, 2.45) is 0 Å². The number of ether oxygens (including phenoxy) is 1. The summed E-state index contributed by atoms with van der Waals surface area (Å²) in [6.07, 6.45) is 5.47. The highest BCUT2D eigenvalue weighted by atomic mass is 19.1. The average molecular weight is 324 g/mol. The highest BCUT2D eigenvalue weighted by Crippen LogP contribution is 2.33. The van der Waals surface area contributed by atoms with Gasteiger partial charge in [0.1, 0.15) is 17.4 Å². The molecule has 1 aliphatic heterocycles. The lowest BCUT2D eigenvalue weighted by Gasteiger charge is -2.35. The van der Waals surface area contributed by atoms with Gasteiger partial charge in [0.15, 0.2) is 0 Å². The number of nitrogens with zero attached hydrogens (tertiary/aromatic N) is 1. The van der Waals surface area contributed by atoms with E-state index in [2.05, 4.69) is 16.8 Å². The summed E-state index contributed by atoms with van der Waals surface area (Å²) in [5.74, 6) is -0.822. The second-order valence-electron chi connectivity index (χ2n) is 5.88. The Morgan fingerprint density at radius 2 is 1.91 bits per heavy atom. The second-order valence-corrected chi connectivity index (χ2v) is 5.88. The number of allylic oxidation sites excluding steroid dienone is 1. The van der Waals surface area contributed by atoms with Crippen molar-refractivity contribution in [2.45, 2.75) is 31.7 Å². The van der Waals surface area contributed by atoms with E-state index in [1.807, 2.05) is 6.08 Å². The van der Waals surface area contributed by atoms with E-state index in [0.29, 0.717) is 0 Å². The number of benzene rings is 1. The van der Waals surface area contributed by atoms with Crippen LogP contribution in [0.25, 0.3) is 0 Å². The number of methoxy groups -OCH3 is 1. The summed E-state index contributed by atoms with van der Waals surface area (Å²) in [5, 5.41) is 3.28. The maximum atomic E-state index is 14.5. The molecule has 0 unspecified atom stereocenters. The van der Waals surface area contributed by atoms with Crippen LogP contribution >= 0.6 is 0 Å². The van der Waals surface area contributed by atoms with Gasteiger partial charge < -0.3 is 10.1 Å². The van der Waals surface area contributed by atoms with Gasteiger partial charge in [-0.15, -0.1) is 6.58 Å². The highest BCUT2D eigenvalue weighted by Gasteiger charge is 2.27. The van der Waals surface area contributed by atoms with Crippen LogP contribution in [0.15, 0.2) is 24.8 Å². The highest BCUT2D eigenvalue weighted by molar-refractivity contribution is 5.32. The monoisotopic (exact) mass is 324 g/mol. The summed E-state index contributed by atoms with van der Waals surface area (Å²) >= 11 is 0. The molecule has 1 atom stereocenters. The molecule has 1 saturated heterocycles. The van der Waals surface area contributed by atoms with E-state index in [4.69, 9.17) is 4.74 Å². The van der Waals surface area contributed by atoms with Crippen LogP contribution in [0.5, 0.6) is 5.75 Å². The molecule has 1 aromatic rings. The molecular weight excluding hydrogens is 298 g/mol. The van der Waals surface area contributed by atoms with E-state index < -0.39 is 11.6 Å². The van der Waals surface area contributed by atoms with Crippen LogP contribution in [0.1, 0.15) is 37.3 Å². The lowest BCUT2D eigenvalue weighted by Crippen LogP contribution is -2.45. The van der Waals surface area contributed by atoms with Crippen molar-refractivity contribution in [1.29, 1.82) is 0 Å². The number of hydrogen-bond acceptors (Lipinski definition) is 3. The quantitative estimate of drug-likeness (QED) is 0.583. The van der Waals surface area contributed by atoms with Crippen LogP contribution in [0.2, 0.25) is 0 Å². The third-order valence-corrected chi connectivity index (χ3v) is 4.35. The lowest BCUT2D eigenvalue weighted by molar-refractivity contribution is 0.156. The third kappa shape index (κ3) is 4.75. The minimum atomic E-state index is -0.519. The van der Waals surface area contributed by atoms with Crippen LogP contribution in [-0.2, 0) is 0 Å². The van der Waals surface area contributed by atoms with Gasteiger partial charge in [0.2, 0.25) is 0 Å². The Morgan fingerprint density at radius 1 is 1.26 bits per heavy atom. The maximum Gasteiger partial charge on any atom is 0.134 e. The van der Waals surface area contributed by atoms with Gasteiger partial charge in [0.05, 0.1) is 7.11 Å². The van der Waals surface area contributed by atoms with E-state index in [9.17, 15) is 8.78 Å². The van der Waals surface area contributed by atoms with Gasteiger partial charge in [-0.05, 0) is 19.3 Å².